The predicted molar refractivity (Wildman–Crippen MR) is 72.0 cm³/mol. The molecule has 0 saturated heterocycles. The van der Waals surface area contributed by atoms with Gasteiger partial charge in [-0.2, -0.15) is 0 Å². The summed E-state index contributed by atoms with van der Waals surface area (Å²) in [6, 6.07) is 0.765. The first-order valence-corrected chi connectivity index (χ1v) is 7.42. The Bertz CT molecular complexity index is 243. The molecule has 17 heavy (non-hydrogen) atoms. The highest BCUT2D eigenvalue weighted by Gasteiger charge is 2.46. The first-order valence-electron chi connectivity index (χ1n) is 7.42. The summed E-state index contributed by atoms with van der Waals surface area (Å²) in [4.78, 5) is 0. The van der Waals surface area contributed by atoms with E-state index in [4.69, 9.17) is 5.11 Å². The van der Waals surface area contributed by atoms with E-state index >= 15 is 0 Å². The average Bonchev–Trinajstić information content (AvgIpc) is 2.28. The van der Waals surface area contributed by atoms with Gasteiger partial charge >= 0.3 is 0 Å². The zero-order chi connectivity index (χ0) is 12.4. The van der Waals surface area contributed by atoms with Crippen LogP contribution in [0.2, 0.25) is 0 Å². The van der Waals surface area contributed by atoms with Gasteiger partial charge in [0.05, 0.1) is 0 Å². The minimum absolute atomic E-state index is 0.236. The molecule has 1 atom stereocenters. The van der Waals surface area contributed by atoms with Crippen LogP contribution in [0.1, 0.15) is 65.2 Å². The third kappa shape index (κ3) is 3.03. The molecule has 2 heteroatoms. The number of hydrogen-bond donors (Lipinski definition) is 2. The van der Waals surface area contributed by atoms with E-state index in [9.17, 15) is 0 Å². The van der Waals surface area contributed by atoms with Crippen molar-refractivity contribution in [2.75, 3.05) is 13.2 Å². The molecule has 0 radical (unpaired) electrons. The molecular weight excluding hydrogens is 210 g/mol. The molecule has 0 bridgehead atoms. The second-order valence-corrected chi connectivity index (χ2v) is 7.03. The van der Waals surface area contributed by atoms with Crippen LogP contribution in [0.4, 0.5) is 0 Å². The zero-order valence-electron chi connectivity index (χ0n) is 11.6. The Morgan fingerprint density at radius 1 is 1.18 bits per heavy atom. The van der Waals surface area contributed by atoms with Crippen LogP contribution in [-0.4, -0.2) is 24.3 Å². The molecule has 100 valence electrons. The standard InChI is InChI=1S/C15H29NO/c1-14(2,10-11-17)12-16-13-6-9-15(13)7-4-3-5-8-15/h13,16-17H,3-12H2,1-2H3. The van der Waals surface area contributed by atoms with Crippen molar-refractivity contribution in [1.82, 2.24) is 5.32 Å². The quantitative estimate of drug-likeness (QED) is 0.772. The smallest absolute Gasteiger partial charge is 0.0436 e. The van der Waals surface area contributed by atoms with Crippen molar-refractivity contribution >= 4 is 0 Å². The van der Waals surface area contributed by atoms with Crippen LogP contribution in [0.5, 0.6) is 0 Å². The van der Waals surface area contributed by atoms with Gasteiger partial charge in [-0.15, -0.1) is 0 Å². The molecule has 2 aliphatic carbocycles. The summed E-state index contributed by atoms with van der Waals surface area (Å²) in [5, 5.41) is 12.8. The Kier molecular flexibility index (Phi) is 4.14. The molecule has 1 unspecified atom stereocenters. The molecule has 2 nitrogen and oxygen atoms in total. The van der Waals surface area contributed by atoms with Gasteiger partial charge in [-0.3, -0.25) is 0 Å². The van der Waals surface area contributed by atoms with Crippen molar-refractivity contribution in [3.8, 4) is 0 Å². The van der Waals surface area contributed by atoms with E-state index in [-0.39, 0.29) is 5.41 Å². The molecule has 0 heterocycles. The van der Waals surface area contributed by atoms with E-state index in [1.165, 1.54) is 44.9 Å². The molecule has 2 aliphatic rings. The maximum atomic E-state index is 9.05. The number of aliphatic hydroxyl groups is 1. The van der Waals surface area contributed by atoms with Crippen molar-refractivity contribution < 1.29 is 5.11 Å². The average molecular weight is 239 g/mol. The van der Waals surface area contributed by atoms with E-state index in [1.807, 2.05) is 0 Å². The van der Waals surface area contributed by atoms with Crippen LogP contribution in [0.15, 0.2) is 0 Å². The first-order chi connectivity index (χ1) is 8.08. The van der Waals surface area contributed by atoms with Crippen LogP contribution < -0.4 is 5.32 Å². The molecule has 0 aromatic rings. The van der Waals surface area contributed by atoms with Crippen LogP contribution in [0.25, 0.3) is 0 Å². The second kappa shape index (κ2) is 5.27. The molecule has 2 fully saturated rings. The Hall–Kier alpha value is -0.0800. The van der Waals surface area contributed by atoms with Gasteiger partial charge < -0.3 is 10.4 Å². The van der Waals surface area contributed by atoms with Gasteiger partial charge in [0.2, 0.25) is 0 Å². The van der Waals surface area contributed by atoms with E-state index in [0.29, 0.717) is 12.0 Å². The number of rotatable bonds is 5. The lowest BCUT2D eigenvalue weighted by Gasteiger charge is -2.53. The lowest BCUT2D eigenvalue weighted by atomic mass is 9.57. The molecule has 2 saturated carbocycles. The Labute approximate surface area is 106 Å². The van der Waals surface area contributed by atoms with E-state index in [2.05, 4.69) is 19.2 Å². The fourth-order valence-electron chi connectivity index (χ4n) is 3.66. The monoisotopic (exact) mass is 239 g/mol. The highest BCUT2D eigenvalue weighted by atomic mass is 16.3. The molecule has 2 rings (SSSR count). The minimum atomic E-state index is 0.236. The fourth-order valence-corrected chi connectivity index (χ4v) is 3.66. The van der Waals surface area contributed by atoms with E-state index < -0.39 is 0 Å². The molecule has 2 N–H and O–H groups in total. The summed E-state index contributed by atoms with van der Waals surface area (Å²) < 4.78 is 0. The Morgan fingerprint density at radius 3 is 2.41 bits per heavy atom. The Morgan fingerprint density at radius 2 is 1.88 bits per heavy atom. The van der Waals surface area contributed by atoms with Crippen molar-refractivity contribution in [3.05, 3.63) is 0 Å². The van der Waals surface area contributed by atoms with Crippen molar-refractivity contribution in [3.63, 3.8) is 0 Å². The first kappa shape index (κ1) is 13.4. The third-order valence-electron chi connectivity index (χ3n) is 5.14. The van der Waals surface area contributed by atoms with E-state index in [0.717, 1.165) is 19.0 Å². The summed E-state index contributed by atoms with van der Waals surface area (Å²) in [6.07, 6.45) is 11.0. The van der Waals surface area contributed by atoms with Crippen molar-refractivity contribution in [2.45, 2.75) is 71.3 Å². The van der Waals surface area contributed by atoms with Gasteiger partial charge in [0.15, 0.2) is 0 Å². The molecule has 0 aromatic carbocycles. The molecule has 0 aliphatic heterocycles. The van der Waals surface area contributed by atoms with Gasteiger partial charge in [-0.1, -0.05) is 33.1 Å². The number of aliphatic hydroxyl groups excluding tert-OH is 1. The van der Waals surface area contributed by atoms with Crippen molar-refractivity contribution in [2.24, 2.45) is 10.8 Å². The summed E-state index contributed by atoms with van der Waals surface area (Å²) in [6.45, 7) is 5.87. The second-order valence-electron chi connectivity index (χ2n) is 7.03. The summed E-state index contributed by atoms with van der Waals surface area (Å²) in [5.74, 6) is 0. The van der Waals surface area contributed by atoms with Crippen LogP contribution in [0.3, 0.4) is 0 Å². The summed E-state index contributed by atoms with van der Waals surface area (Å²) in [5.41, 5.74) is 0.897. The molecule has 0 aromatic heterocycles. The number of nitrogens with one attached hydrogen (secondary N) is 1. The normalized spacial score (nSPS) is 28.1. The zero-order valence-corrected chi connectivity index (χ0v) is 11.6. The van der Waals surface area contributed by atoms with Crippen LogP contribution >= 0.6 is 0 Å². The minimum Gasteiger partial charge on any atom is -0.396 e. The maximum absolute atomic E-state index is 9.05. The van der Waals surface area contributed by atoms with Gasteiger partial charge in [0.25, 0.3) is 0 Å². The van der Waals surface area contributed by atoms with Gasteiger partial charge in [-0.25, -0.2) is 0 Å². The SMILES string of the molecule is CC(C)(CCO)CNC1CCC12CCCCC2. The highest BCUT2D eigenvalue weighted by Crippen LogP contribution is 2.51. The molecule has 0 amide bonds. The lowest BCUT2D eigenvalue weighted by molar-refractivity contribution is 0.0167. The highest BCUT2D eigenvalue weighted by molar-refractivity contribution is 5.02. The van der Waals surface area contributed by atoms with E-state index in [1.54, 1.807) is 0 Å². The number of hydrogen-bond acceptors (Lipinski definition) is 2. The van der Waals surface area contributed by atoms with Gasteiger partial charge in [0.1, 0.15) is 0 Å². The van der Waals surface area contributed by atoms with Crippen LogP contribution in [-0.2, 0) is 0 Å². The fraction of sp³-hybridized carbons (Fsp3) is 1.00. The molecule has 1 spiro atoms. The molecular formula is C15H29NO. The largest absolute Gasteiger partial charge is 0.396 e. The van der Waals surface area contributed by atoms with Gasteiger partial charge in [-0.05, 0) is 42.9 Å². The van der Waals surface area contributed by atoms with Crippen molar-refractivity contribution in [1.29, 1.82) is 0 Å². The predicted octanol–water partition coefficient (Wildman–Crippen LogP) is 3.10. The summed E-state index contributed by atoms with van der Waals surface area (Å²) >= 11 is 0. The lowest BCUT2D eigenvalue weighted by Crippen LogP contribution is -2.55. The third-order valence-corrected chi connectivity index (χ3v) is 5.14. The topological polar surface area (TPSA) is 32.3 Å². The summed E-state index contributed by atoms with van der Waals surface area (Å²) in [7, 11) is 0. The van der Waals surface area contributed by atoms with Gasteiger partial charge in [0, 0.05) is 19.2 Å². The van der Waals surface area contributed by atoms with Crippen LogP contribution in [0, 0.1) is 10.8 Å². The Balaban J connectivity index is 1.79. The maximum Gasteiger partial charge on any atom is 0.0436 e.